The molecule has 97 heavy (non-hydrogen) atoms. The standard InChI is InChI=1S/C40H66F34N2O11Si10/c1-88(80-90(3)82-94(11,12)86-95(13,14)84-92(5,6)7)79-89(2)81-91(4)83-96(15,87-97(16,85-93(8,9)10)22-18-20-76-24(78)26(42,34(54,55)56)31(47,48)39(69,70)71)21-17-19-75-23(77)25(41,33(51,52)53)27(43,35(57,58)59)28(44,36(60,61)62)29(45,37(63,64)65)30(46,38(66,67)68)32(49,50)40(72,73)74/h88-91H,17-22H2,1-16H3,(H,75,77)(H,76,78). The number of hydrogen-bond donors (Lipinski definition) is 2. The molecular formula is C40H66F34N2O11Si10. The van der Waals surface area contributed by atoms with Gasteiger partial charge in [-0.3, -0.25) is 9.59 Å². The van der Waals surface area contributed by atoms with Crippen LogP contribution in [0, 0.1) is 0 Å². The van der Waals surface area contributed by atoms with E-state index in [0.717, 1.165) is 25.0 Å². The van der Waals surface area contributed by atoms with Crippen LogP contribution in [0.25, 0.3) is 0 Å². The van der Waals surface area contributed by atoms with Gasteiger partial charge in [0.1, 0.15) is 0 Å². The molecule has 12 unspecified atom stereocenters. The van der Waals surface area contributed by atoms with E-state index >= 15 is 22.0 Å². The SMILES string of the molecule is C[SiH](O[SiH](C)O[SiH](C)O[Si](C)(CCCNC(=O)C(F)(C(F)(F)F)C(F)(C(F)(F)F)C(F)(C(F)(F)F)C(F)(C(F)(F)F)C(F)(C(F)(F)F)C(F)(F)C(F)(F)F)O[Si](C)(CCCNC(=O)C(F)(C(F)(F)F)C(F)(F)C(F)(F)F)O[Si](C)(C)C)O[SiH](C)O[Si](C)(C)O[Si](C)(C)O[Si](C)(C)C. The van der Waals surface area contributed by atoms with Gasteiger partial charge in [0.05, 0.1) is 0 Å². The molecule has 12 atom stereocenters. The van der Waals surface area contributed by atoms with Gasteiger partial charge in [-0.15, -0.1) is 0 Å². The number of carbonyl (C=O) groups is 2. The maximum absolute atomic E-state index is 16.6. The van der Waals surface area contributed by atoms with E-state index in [-0.39, 0.29) is 5.32 Å². The predicted octanol–water partition coefficient (Wildman–Crippen LogP) is 14.8. The molecule has 0 fully saturated rings. The monoisotopic (exact) mass is 1680 g/mol. The average Bonchev–Trinajstić information content (AvgIpc) is 0.645. The van der Waals surface area contributed by atoms with Gasteiger partial charge in [-0.1, -0.05) is 0 Å². The summed E-state index contributed by atoms with van der Waals surface area (Å²) in [4.78, 5) is 25.3. The zero-order chi connectivity index (χ0) is 78.5. The highest BCUT2D eigenvalue weighted by Crippen LogP contribution is 2.74. The third kappa shape index (κ3) is 20.5. The second-order valence-electron chi connectivity index (χ2n) is 24.4. The van der Waals surface area contributed by atoms with E-state index in [1.54, 1.807) is 32.7 Å². The Morgan fingerprint density at radius 3 is 0.918 bits per heavy atom. The molecule has 0 bridgehead atoms. The molecule has 0 aromatic heterocycles. The quantitative estimate of drug-likeness (QED) is 0.0361. The summed E-state index contributed by atoms with van der Waals surface area (Å²) in [7, 11) is -33.3. The largest absolute Gasteiger partial charge is 0.457 e. The minimum absolute atomic E-state index is 0.0800. The number of alkyl halides is 34. The van der Waals surface area contributed by atoms with Crippen LogP contribution in [0.4, 0.5) is 149 Å². The number of rotatable bonds is 34. The van der Waals surface area contributed by atoms with Crippen molar-refractivity contribution in [3.63, 3.8) is 0 Å². The number of amides is 2. The Balaban J connectivity index is 8.21. The van der Waals surface area contributed by atoms with E-state index in [0.29, 0.717) is 0 Å². The van der Waals surface area contributed by atoms with Crippen molar-refractivity contribution in [1.82, 2.24) is 10.6 Å². The molecule has 0 aliphatic carbocycles. The molecule has 0 aromatic rings. The first-order valence-corrected chi connectivity index (χ1v) is 52.9. The maximum atomic E-state index is 16.6. The fourth-order valence-corrected chi connectivity index (χ4v) is 50.4. The van der Waals surface area contributed by atoms with Crippen molar-refractivity contribution in [2.24, 2.45) is 0 Å². The minimum atomic E-state index is -11.0. The number of nitrogens with one attached hydrogen (secondary N) is 2. The van der Waals surface area contributed by atoms with E-state index in [4.69, 9.17) is 37.0 Å². The number of halogens is 34. The van der Waals surface area contributed by atoms with Crippen molar-refractivity contribution in [2.75, 3.05) is 13.1 Å². The third-order valence-corrected chi connectivity index (χ3v) is 47.3. The van der Waals surface area contributed by atoms with E-state index < -0.39 is 233 Å². The molecule has 0 aliphatic rings. The Bertz CT molecular complexity index is 2630. The van der Waals surface area contributed by atoms with Crippen molar-refractivity contribution in [2.45, 2.75) is 225 Å². The highest BCUT2D eigenvalue weighted by molar-refractivity contribution is 6.89. The second kappa shape index (κ2) is 30.1. The van der Waals surface area contributed by atoms with Crippen molar-refractivity contribution < 1.29 is 196 Å². The van der Waals surface area contributed by atoms with Gasteiger partial charge in [-0.2, -0.15) is 123 Å². The first-order chi connectivity index (χ1) is 41.9. The first kappa shape index (κ1) is 95.4. The number of carbonyl (C=O) groups excluding carboxylic acids is 2. The van der Waals surface area contributed by atoms with Crippen molar-refractivity contribution in [1.29, 1.82) is 0 Å². The summed E-state index contributed by atoms with van der Waals surface area (Å²) in [5, 5.41) is 0.938. The third-order valence-electron chi connectivity index (χ3n) is 12.6. The average molecular weight is 1680 g/mol. The van der Waals surface area contributed by atoms with Crippen LogP contribution < -0.4 is 10.6 Å². The van der Waals surface area contributed by atoms with Crippen LogP contribution in [0.5, 0.6) is 0 Å². The molecular weight excluding hydrogens is 1610 g/mol. The molecule has 0 saturated heterocycles. The van der Waals surface area contributed by atoms with Gasteiger partial charge in [-0.05, 0) is 130 Å². The van der Waals surface area contributed by atoms with Crippen LogP contribution in [0.2, 0.25) is 117 Å². The van der Waals surface area contributed by atoms with Crippen molar-refractivity contribution in [3.8, 4) is 0 Å². The highest BCUT2D eigenvalue weighted by atomic mass is 28.5. The van der Waals surface area contributed by atoms with Gasteiger partial charge in [0.15, 0.2) is 16.6 Å². The van der Waals surface area contributed by atoms with E-state index in [2.05, 4.69) is 0 Å². The molecule has 0 heterocycles. The van der Waals surface area contributed by atoms with Crippen molar-refractivity contribution in [3.05, 3.63) is 0 Å². The zero-order valence-electron chi connectivity index (χ0n) is 52.9. The molecule has 0 radical (unpaired) electrons. The lowest BCUT2D eigenvalue weighted by atomic mass is 9.59. The smallest absolute Gasteiger partial charge is 0.437 e. The molecule has 580 valence electrons. The fourth-order valence-electron chi connectivity index (χ4n) is 9.68. The second-order valence-corrected chi connectivity index (χ2v) is 57.0. The summed E-state index contributed by atoms with van der Waals surface area (Å²) in [6, 6.07) is -2.23. The fraction of sp³-hybridized carbons (Fsp3) is 0.950. The summed E-state index contributed by atoms with van der Waals surface area (Å²) in [5.74, 6) is -26.1. The minimum Gasteiger partial charge on any atom is -0.437 e. The van der Waals surface area contributed by atoms with Crippen LogP contribution in [0.1, 0.15) is 12.8 Å². The molecule has 0 saturated carbocycles. The van der Waals surface area contributed by atoms with E-state index in [1.165, 1.54) is 32.7 Å². The normalized spacial score (nSPS) is 21.1. The maximum Gasteiger partial charge on any atom is 0.457 e. The summed E-state index contributed by atoms with van der Waals surface area (Å²) in [6.07, 6.45) is -74.9. The highest BCUT2D eigenvalue weighted by Gasteiger charge is 3.08. The van der Waals surface area contributed by atoms with Gasteiger partial charge in [-0.25, -0.2) is 26.3 Å². The van der Waals surface area contributed by atoms with Gasteiger partial charge >= 0.3 is 124 Å². The van der Waals surface area contributed by atoms with Gasteiger partial charge in [0, 0.05) is 13.1 Å². The zero-order valence-corrected chi connectivity index (χ0v) is 63.5. The Kier molecular flexibility index (Phi) is 29.6. The van der Waals surface area contributed by atoms with Crippen LogP contribution in [-0.2, 0) is 46.6 Å². The topological polar surface area (TPSA) is 141 Å². The Hall–Kier alpha value is -1.63. The lowest BCUT2D eigenvalue weighted by molar-refractivity contribution is -0.496. The summed E-state index contributed by atoms with van der Waals surface area (Å²) >= 11 is 0. The summed E-state index contributed by atoms with van der Waals surface area (Å²) in [6.45, 7) is 19.6. The molecule has 57 heteroatoms. The lowest BCUT2D eigenvalue weighted by Gasteiger charge is -2.56. The first-order valence-electron chi connectivity index (χ1n) is 27.0. The Labute approximate surface area is 542 Å². The van der Waals surface area contributed by atoms with Crippen LogP contribution >= 0.6 is 0 Å². The van der Waals surface area contributed by atoms with Gasteiger partial charge in [0.25, 0.3) is 54.6 Å². The summed E-state index contributed by atoms with van der Waals surface area (Å²) < 4.78 is 544. The van der Waals surface area contributed by atoms with Crippen LogP contribution in [-0.4, -0.2) is 208 Å². The van der Waals surface area contributed by atoms with E-state index in [9.17, 15) is 137 Å². The predicted molar refractivity (Wildman–Crippen MR) is 293 cm³/mol. The molecule has 0 rings (SSSR count). The van der Waals surface area contributed by atoms with Crippen molar-refractivity contribution >= 4 is 99.8 Å². The Morgan fingerprint density at radius 2 is 0.608 bits per heavy atom. The molecule has 0 aliphatic heterocycles. The lowest BCUT2D eigenvalue weighted by Crippen LogP contribution is -2.92. The molecule has 0 aromatic carbocycles. The van der Waals surface area contributed by atoms with E-state index in [1.807, 2.05) is 19.6 Å². The molecule has 2 N–H and O–H groups in total. The molecule has 13 nitrogen and oxygen atoms in total. The van der Waals surface area contributed by atoms with Gasteiger partial charge < -0.3 is 47.7 Å². The number of hydrogen-bond acceptors (Lipinski definition) is 11. The van der Waals surface area contributed by atoms with Gasteiger partial charge in [0.2, 0.25) is 0 Å². The van der Waals surface area contributed by atoms with Crippen LogP contribution in [0.15, 0.2) is 0 Å². The van der Waals surface area contributed by atoms with Crippen LogP contribution in [0.3, 0.4) is 0 Å². The Morgan fingerprint density at radius 1 is 0.309 bits per heavy atom. The summed E-state index contributed by atoms with van der Waals surface area (Å²) in [5.41, 5.74) is -59.3. The molecule has 2 amide bonds. The molecule has 0 spiro atoms.